The van der Waals surface area contributed by atoms with Crippen LogP contribution in [0.3, 0.4) is 0 Å². The van der Waals surface area contributed by atoms with E-state index in [1.165, 1.54) is 44.1 Å². The lowest BCUT2D eigenvalue weighted by atomic mass is 9.44. The van der Waals surface area contributed by atoms with Crippen LogP contribution in [0.25, 0.3) is 5.57 Å². The molecule has 1 heterocycles. The smallest absolute Gasteiger partial charge is 0.155 e. The van der Waals surface area contributed by atoms with Crippen LogP contribution in [-0.2, 0) is 4.79 Å². The van der Waals surface area contributed by atoms with E-state index in [2.05, 4.69) is 49.3 Å². The number of rotatable bonds is 2. The first-order chi connectivity index (χ1) is 14.0. The average molecular weight is 388 g/mol. The van der Waals surface area contributed by atoms with E-state index in [0.29, 0.717) is 17.1 Å². The monoisotopic (exact) mass is 387 g/mol. The number of carbonyl (C=O) groups excluding carboxylic acids is 1. The normalized spacial score (nSPS) is 43.7. The van der Waals surface area contributed by atoms with Gasteiger partial charge in [0.05, 0.1) is 0 Å². The Balaban J connectivity index is 1.38. The molecule has 0 aliphatic heterocycles. The van der Waals surface area contributed by atoms with Gasteiger partial charge >= 0.3 is 0 Å². The van der Waals surface area contributed by atoms with Gasteiger partial charge in [-0.25, -0.2) is 0 Å². The van der Waals surface area contributed by atoms with Crippen molar-refractivity contribution in [3.8, 4) is 0 Å². The summed E-state index contributed by atoms with van der Waals surface area (Å²) in [5.41, 5.74) is 5.02. The second-order valence-electron chi connectivity index (χ2n) is 11.1. The lowest BCUT2D eigenvalue weighted by Crippen LogP contribution is -2.52. The van der Waals surface area contributed by atoms with Crippen molar-refractivity contribution in [2.75, 3.05) is 0 Å². The van der Waals surface area contributed by atoms with E-state index < -0.39 is 0 Å². The quantitative estimate of drug-likeness (QED) is 0.601. The maximum atomic E-state index is 12.4. The summed E-state index contributed by atoms with van der Waals surface area (Å²) in [5, 5.41) is 0. The van der Waals surface area contributed by atoms with Crippen LogP contribution in [-0.4, -0.2) is 10.8 Å². The SMILES string of the molecule is CC12CCC3C(CC(C4CC4)C4=CC(=O)CCC43C)C1CC=C2c1cccnc1. The molecule has 6 atom stereocenters. The predicted molar refractivity (Wildman–Crippen MR) is 116 cm³/mol. The first-order valence-electron chi connectivity index (χ1n) is 11.9. The highest BCUT2D eigenvalue weighted by molar-refractivity contribution is 5.91. The molecule has 5 aliphatic carbocycles. The number of nitrogens with zero attached hydrogens (tertiary/aromatic N) is 1. The lowest BCUT2D eigenvalue weighted by molar-refractivity contribution is -0.117. The third-order valence-corrected chi connectivity index (χ3v) is 9.79. The van der Waals surface area contributed by atoms with Crippen molar-refractivity contribution in [1.29, 1.82) is 0 Å². The Morgan fingerprint density at radius 3 is 2.69 bits per heavy atom. The van der Waals surface area contributed by atoms with Crippen LogP contribution >= 0.6 is 0 Å². The Kier molecular flexibility index (Phi) is 3.84. The average Bonchev–Trinajstić information content (AvgIpc) is 3.50. The van der Waals surface area contributed by atoms with Crippen molar-refractivity contribution >= 4 is 11.4 Å². The maximum absolute atomic E-state index is 12.4. The van der Waals surface area contributed by atoms with Crippen LogP contribution in [0.4, 0.5) is 0 Å². The van der Waals surface area contributed by atoms with E-state index in [4.69, 9.17) is 0 Å². The van der Waals surface area contributed by atoms with E-state index in [9.17, 15) is 4.79 Å². The first kappa shape index (κ1) is 18.1. The molecule has 3 fully saturated rings. The largest absolute Gasteiger partial charge is 0.295 e. The van der Waals surface area contributed by atoms with E-state index in [1.807, 2.05) is 6.20 Å². The van der Waals surface area contributed by atoms with E-state index in [-0.39, 0.29) is 5.41 Å². The van der Waals surface area contributed by atoms with Gasteiger partial charge in [0.2, 0.25) is 0 Å². The number of pyridine rings is 1. The van der Waals surface area contributed by atoms with Crippen molar-refractivity contribution < 1.29 is 4.79 Å². The predicted octanol–water partition coefficient (Wildman–Crippen LogP) is 6.24. The topological polar surface area (TPSA) is 30.0 Å². The van der Waals surface area contributed by atoms with Gasteiger partial charge in [0.25, 0.3) is 0 Å². The number of hydrogen-bond acceptors (Lipinski definition) is 2. The Hall–Kier alpha value is -1.70. The fourth-order valence-corrected chi connectivity index (χ4v) is 8.18. The molecule has 6 rings (SSSR count). The molecule has 0 spiro atoms. The van der Waals surface area contributed by atoms with Gasteiger partial charge in [-0.3, -0.25) is 9.78 Å². The van der Waals surface area contributed by atoms with Crippen molar-refractivity contribution in [3.05, 3.63) is 47.8 Å². The lowest BCUT2D eigenvalue weighted by Gasteiger charge is -2.60. The van der Waals surface area contributed by atoms with E-state index in [1.54, 1.807) is 11.1 Å². The second-order valence-corrected chi connectivity index (χ2v) is 11.1. The standard InChI is InChI=1S/C27H33NO/c1-26-12-10-24-21(23(26)8-7-22(26)18-4-3-13-28-16-18)15-20(17-5-6-17)25-14-19(29)9-11-27(24,25)2/h3-4,7,13-14,16-17,20-21,23-24H,5-6,8-12,15H2,1-2H3. The highest BCUT2D eigenvalue weighted by Gasteiger charge is 2.60. The molecule has 0 bridgehead atoms. The molecule has 1 aromatic heterocycles. The molecule has 1 aromatic rings. The molecule has 2 nitrogen and oxygen atoms in total. The van der Waals surface area contributed by atoms with Gasteiger partial charge in [0, 0.05) is 18.8 Å². The fourth-order valence-electron chi connectivity index (χ4n) is 8.18. The Morgan fingerprint density at radius 1 is 1.07 bits per heavy atom. The number of allylic oxidation sites excluding steroid dienone is 4. The number of fused-ring (bicyclic) bond motifs is 5. The number of hydrogen-bond donors (Lipinski definition) is 0. The molecule has 29 heavy (non-hydrogen) atoms. The van der Waals surface area contributed by atoms with Crippen molar-refractivity contribution in [2.45, 2.75) is 65.2 Å². The third-order valence-electron chi connectivity index (χ3n) is 9.79. The van der Waals surface area contributed by atoms with Crippen LogP contribution in [0.15, 0.2) is 42.3 Å². The molecule has 0 radical (unpaired) electrons. The Bertz CT molecular complexity index is 910. The molecule has 0 saturated heterocycles. The summed E-state index contributed by atoms with van der Waals surface area (Å²) >= 11 is 0. The number of carbonyl (C=O) groups is 1. The minimum Gasteiger partial charge on any atom is -0.295 e. The van der Waals surface area contributed by atoms with Crippen LogP contribution in [0.2, 0.25) is 0 Å². The summed E-state index contributed by atoms with van der Waals surface area (Å²) < 4.78 is 0. The fraction of sp³-hybridized carbons (Fsp3) is 0.630. The van der Waals surface area contributed by atoms with Gasteiger partial charge in [-0.1, -0.05) is 31.6 Å². The minimum absolute atomic E-state index is 0.266. The molecule has 2 heteroatoms. The molecule has 0 amide bonds. The van der Waals surface area contributed by atoms with Gasteiger partial charge < -0.3 is 0 Å². The second kappa shape index (κ2) is 6.15. The molecule has 0 aromatic carbocycles. The van der Waals surface area contributed by atoms with E-state index in [0.717, 1.165) is 36.5 Å². The molecular weight excluding hydrogens is 354 g/mol. The number of aromatic nitrogens is 1. The molecule has 0 N–H and O–H groups in total. The molecule has 3 saturated carbocycles. The summed E-state index contributed by atoms with van der Waals surface area (Å²) in [5.74, 6) is 4.25. The zero-order valence-electron chi connectivity index (χ0n) is 17.9. The summed E-state index contributed by atoms with van der Waals surface area (Å²) in [6.07, 6.45) is 18.4. The van der Waals surface area contributed by atoms with Crippen LogP contribution in [0, 0.1) is 40.4 Å². The van der Waals surface area contributed by atoms with Crippen LogP contribution in [0.1, 0.15) is 70.8 Å². The number of ketones is 1. The zero-order chi connectivity index (χ0) is 19.8. The van der Waals surface area contributed by atoms with Gasteiger partial charge in [-0.05, 0) is 109 Å². The first-order valence-corrected chi connectivity index (χ1v) is 11.9. The van der Waals surface area contributed by atoms with Gasteiger partial charge in [0.15, 0.2) is 5.78 Å². The summed E-state index contributed by atoms with van der Waals surface area (Å²) in [6, 6.07) is 4.33. The van der Waals surface area contributed by atoms with Crippen molar-refractivity contribution in [1.82, 2.24) is 4.98 Å². The zero-order valence-corrected chi connectivity index (χ0v) is 17.9. The molecule has 5 aliphatic rings. The van der Waals surface area contributed by atoms with Gasteiger partial charge in [0.1, 0.15) is 0 Å². The Morgan fingerprint density at radius 2 is 1.93 bits per heavy atom. The third kappa shape index (κ3) is 2.53. The highest BCUT2D eigenvalue weighted by atomic mass is 16.1. The minimum atomic E-state index is 0.266. The molecule has 152 valence electrons. The summed E-state index contributed by atoms with van der Waals surface area (Å²) in [4.78, 5) is 16.8. The summed E-state index contributed by atoms with van der Waals surface area (Å²) in [6.45, 7) is 5.08. The van der Waals surface area contributed by atoms with Crippen molar-refractivity contribution in [2.24, 2.45) is 40.4 Å². The molecule has 6 unspecified atom stereocenters. The van der Waals surface area contributed by atoms with Gasteiger partial charge in [-0.15, -0.1) is 0 Å². The van der Waals surface area contributed by atoms with Crippen LogP contribution in [0.5, 0.6) is 0 Å². The van der Waals surface area contributed by atoms with Crippen molar-refractivity contribution in [3.63, 3.8) is 0 Å². The van der Waals surface area contributed by atoms with Gasteiger partial charge in [-0.2, -0.15) is 0 Å². The molecular formula is C27H33NO. The van der Waals surface area contributed by atoms with Crippen LogP contribution < -0.4 is 0 Å². The van der Waals surface area contributed by atoms with E-state index >= 15 is 0 Å². The summed E-state index contributed by atoms with van der Waals surface area (Å²) in [7, 11) is 0. The highest BCUT2D eigenvalue weighted by Crippen LogP contribution is 2.69. The maximum Gasteiger partial charge on any atom is 0.155 e. The Labute approximate surface area is 174 Å².